The highest BCUT2D eigenvalue weighted by atomic mass is 79.9. The number of nitrogens with zero attached hydrogens (tertiary/aromatic N) is 3. The minimum atomic E-state index is 0.727. The summed E-state index contributed by atoms with van der Waals surface area (Å²) < 4.78 is 6.15. The molecule has 102 valence electrons. The molecule has 4 nitrogen and oxygen atoms in total. The quantitative estimate of drug-likeness (QED) is 0.705. The van der Waals surface area contributed by atoms with E-state index in [9.17, 15) is 0 Å². The first-order chi connectivity index (χ1) is 9.67. The van der Waals surface area contributed by atoms with E-state index in [1.54, 1.807) is 18.0 Å². The lowest BCUT2D eigenvalue weighted by Gasteiger charge is -2.06. The Kier molecular flexibility index (Phi) is 3.91. The van der Waals surface area contributed by atoms with E-state index >= 15 is 0 Å². The van der Waals surface area contributed by atoms with Gasteiger partial charge in [0.1, 0.15) is 5.82 Å². The molecule has 0 radical (unpaired) electrons. The average Bonchev–Trinajstić information content (AvgIpc) is 2.90. The van der Waals surface area contributed by atoms with E-state index in [4.69, 9.17) is 5.73 Å². The highest BCUT2D eigenvalue weighted by Crippen LogP contribution is 2.36. The van der Waals surface area contributed by atoms with Gasteiger partial charge < -0.3 is 5.73 Å². The van der Waals surface area contributed by atoms with E-state index in [0.29, 0.717) is 0 Å². The second-order valence-corrected chi connectivity index (χ2v) is 7.09. The van der Waals surface area contributed by atoms with Crippen LogP contribution in [-0.4, -0.2) is 14.3 Å². The van der Waals surface area contributed by atoms with Crippen LogP contribution in [0.25, 0.3) is 10.9 Å². The largest absolute Gasteiger partial charge is 0.398 e. The summed E-state index contributed by atoms with van der Waals surface area (Å²) in [7, 11) is 0. The molecule has 3 rings (SSSR count). The summed E-state index contributed by atoms with van der Waals surface area (Å²) in [6.07, 6.45) is 2.63. The normalized spacial score (nSPS) is 11.1. The third kappa shape index (κ3) is 2.65. The van der Waals surface area contributed by atoms with Crippen molar-refractivity contribution in [1.29, 1.82) is 0 Å². The molecule has 0 bridgehead atoms. The van der Waals surface area contributed by atoms with Crippen LogP contribution in [0.3, 0.4) is 0 Å². The molecular weight excluding hydrogens is 356 g/mol. The predicted octanol–water partition coefficient (Wildman–Crippen LogP) is 4.14. The monoisotopic (exact) mass is 366 g/mol. The lowest BCUT2D eigenvalue weighted by Crippen LogP contribution is -1.90. The Balaban J connectivity index is 2.05. The van der Waals surface area contributed by atoms with Gasteiger partial charge in [-0.2, -0.15) is 4.37 Å². The molecule has 20 heavy (non-hydrogen) atoms. The van der Waals surface area contributed by atoms with E-state index in [1.165, 1.54) is 11.5 Å². The van der Waals surface area contributed by atoms with Crippen LogP contribution in [0.5, 0.6) is 0 Å². The van der Waals surface area contributed by atoms with E-state index in [2.05, 4.69) is 30.3 Å². The molecule has 0 aliphatic heterocycles. The maximum Gasteiger partial charge on any atom is 0.174 e. The van der Waals surface area contributed by atoms with Crippen LogP contribution in [0, 0.1) is 0 Å². The molecule has 1 aromatic carbocycles. The fraction of sp³-hybridized carbons (Fsp3) is 0.154. The number of anilines is 1. The maximum absolute atomic E-state index is 6.02. The number of hydrogen-bond donors (Lipinski definition) is 1. The van der Waals surface area contributed by atoms with Crippen LogP contribution >= 0.6 is 39.2 Å². The summed E-state index contributed by atoms with van der Waals surface area (Å²) in [5.74, 6) is 0.882. The molecule has 0 fully saturated rings. The standard InChI is InChI=1S/C13H11BrN4S2/c1-2-11-17-13(20-18-11)19-10-4-3-9(15)8-5-7(14)6-16-12(8)10/h3-6H,2,15H2,1H3. The first-order valence-corrected chi connectivity index (χ1v) is 8.40. The number of fused-ring (bicyclic) bond motifs is 1. The zero-order valence-electron chi connectivity index (χ0n) is 10.6. The Hall–Kier alpha value is -1.18. The predicted molar refractivity (Wildman–Crippen MR) is 87.3 cm³/mol. The Morgan fingerprint density at radius 1 is 1.40 bits per heavy atom. The van der Waals surface area contributed by atoms with Crippen LogP contribution in [-0.2, 0) is 6.42 Å². The summed E-state index contributed by atoms with van der Waals surface area (Å²) in [6, 6.07) is 5.87. The van der Waals surface area contributed by atoms with Crippen molar-refractivity contribution in [2.24, 2.45) is 0 Å². The minimum absolute atomic E-state index is 0.727. The molecule has 2 heterocycles. The molecule has 0 saturated carbocycles. The zero-order chi connectivity index (χ0) is 14.1. The van der Waals surface area contributed by atoms with Gasteiger partial charge in [0.05, 0.1) is 5.52 Å². The Labute approximate surface area is 133 Å². The van der Waals surface area contributed by atoms with Crippen molar-refractivity contribution in [3.63, 3.8) is 0 Å². The summed E-state index contributed by atoms with van der Waals surface area (Å²) in [6.45, 7) is 2.05. The van der Waals surface area contributed by atoms with Crippen molar-refractivity contribution >= 4 is 55.8 Å². The van der Waals surface area contributed by atoms with Crippen molar-refractivity contribution in [1.82, 2.24) is 14.3 Å². The highest BCUT2D eigenvalue weighted by Gasteiger charge is 2.10. The third-order valence-corrected chi connectivity index (χ3v) is 5.05. The van der Waals surface area contributed by atoms with Gasteiger partial charge in [-0.15, -0.1) is 0 Å². The fourth-order valence-corrected chi connectivity index (χ4v) is 3.88. The number of nitrogens with two attached hydrogens (primary N) is 1. The van der Waals surface area contributed by atoms with Gasteiger partial charge in [0.15, 0.2) is 4.34 Å². The first kappa shape index (κ1) is 13.8. The van der Waals surface area contributed by atoms with Gasteiger partial charge in [-0.3, -0.25) is 4.98 Å². The molecule has 0 atom stereocenters. The molecule has 7 heteroatoms. The Morgan fingerprint density at radius 3 is 3.00 bits per heavy atom. The smallest absolute Gasteiger partial charge is 0.174 e. The number of pyridine rings is 1. The van der Waals surface area contributed by atoms with Gasteiger partial charge in [-0.25, -0.2) is 4.98 Å². The molecule has 0 unspecified atom stereocenters. The summed E-state index contributed by atoms with van der Waals surface area (Å²) in [5, 5.41) is 0.949. The lowest BCUT2D eigenvalue weighted by molar-refractivity contribution is 0.972. The van der Waals surface area contributed by atoms with Gasteiger partial charge in [0, 0.05) is 33.1 Å². The molecular formula is C13H11BrN4S2. The SMILES string of the molecule is CCc1nsc(Sc2ccc(N)c3cc(Br)cnc23)n1. The van der Waals surface area contributed by atoms with Crippen molar-refractivity contribution < 1.29 is 0 Å². The number of halogens is 1. The number of rotatable bonds is 3. The number of aryl methyl sites for hydroxylation is 1. The van der Waals surface area contributed by atoms with Crippen molar-refractivity contribution in [3.8, 4) is 0 Å². The second-order valence-electron chi connectivity index (χ2n) is 4.13. The number of benzene rings is 1. The van der Waals surface area contributed by atoms with Gasteiger partial charge in [0.2, 0.25) is 0 Å². The van der Waals surface area contributed by atoms with Crippen LogP contribution in [0.15, 0.2) is 38.1 Å². The number of nitrogen functional groups attached to an aromatic ring is 1. The number of aromatic nitrogens is 3. The van der Waals surface area contributed by atoms with Gasteiger partial charge in [-0.05, 0) is 45.7 Å². The minimum Gasteiger partial charge on any atom is -0.398 e. The topological polar surface area (TPSA) is 64.7 Å². The number of hydrogen-bond acceptors (Lipinski definition) is 6. The Bertz CT molecular complexity index is 772. The molecule has 2 aromatic heterocycles. The van der Waals surface area contributed by atoms with Crippen LogP contribution in [0.4, 0.5) is 5.69 Å². The van der Waals surface area contributed by atoms with E-state index in [0.717, 1.165) is 42.5 Å². The highest BCUT2D eigenvalue weighted by molar-refractivity contribution is 9.10. The average molecular weight is 367 g/mol. The molecule has 0 aliphatic rings. The van der Waals surface area contributed by atoms with E-state index < -0.39 is 0 Å². The fourth-order valence-electron chi connectivity index (χ4n) is 1.79. The molecule has 0 aliphatic carbocycles. The van der Waals surface area contributed by atoms with Crippen molar-refractivity contribution in [2.75, 3.05) is 5.73 Å². The third-order valence-electron chi connectivity index (χ3n) is 2.78. The molecule has 0 spiro atoms. The lowest BCUT2D eigenvalue weighted by atomic mass is 10.2. The van der Waals surface area contributed by atoms with Gasteiger partial charge in [-0.1, -0.05) is 18.7 Å². The molecule has 2 N–H and O–H groups in total. The molecule has 3 aromatic rings. The van der Waals surface area contributed by atoms with Crippen molar-refractivity contribution in [3.05, 3.63) is 34.7 Å². The van der Waals surface area contributed by atoms with Crippen LogP contribution < -0.4 is 5.73 Å². The Morgan fingerprint density at radius 2 is 2.25 bits per heavy atom. The maximum atomic E-state index is 6.02. The summed E-state index contributed by atoms with van der Waals surface area (Å²) >= 11 is 6.42. The van der Waals surface area contributed by atoms with Crippen molar-refractivity contribution in [2.45, 2.75) is 22.6 Å². The molecule has 0 amide bonds. The van der Waals surface area contributed by atoms with Crippen LogP contribution in [0.2, 0.25) is 0 Å². The van der Waals surface area contributed by atoms with E-state index in [-0.39, 0.29) is 0 Å². The summed E-state index contributed by atoms with van der Waals surface area (Å²) in [5.41, 5.74) is 7.64. The van der Waals surface area contributed by atoms with Crippen LogP contribution in [0.1, 0.15) is 12.7 Å². The van der Waals surface area contributed by atoms with Gasteiger partial charge >= 0.3 is 0 Å². The first-order valence-electron chi connectivity index (χ1n) is 6.01. The van der Waals surface area contributed by atoms with Gasteiger partial charge in [0.25, 0.3) is 0 Å². The zero-order valence-corrected chi connectivity index (χ0v) is 13.8. The van der Waals surface area contributed by atoms with E-state index in [1.807, 2.05) is 25.1 Å². The molecule has 0 saturated heterocycles. The second kappa shape index (κ2) is 5.67. The summed E-state index contributed by atoms with van der Waals surface area (Å²) in [4.78, 5) is 9.99.